The number of hydrogen-bond donors (Lipinski definition) is 1. The molecule has 2 aromatic rings. The van der Waals surface area contributed by atoms with Crippen molar-refractivity contribution in [2.75, 3.05) is 12.4 Å². The summed E-state index contributed by atoms with van der Waals surface area (Å²) in [5.41, 5.74) is -1.81. The molecule has 2 aromatic carbocycles. The maximum Gasteiger partial charge on any atom is 0.415 e. The second-order valence-corrected chi connectivity index (χ2v) is 7.96. The van der Waals surface area contributed by atoms with Crippen molar-refractivity contribution in [2.45, 2.75) is 17.8 Å². The summed E-state index contributed by atoms with van der Waals surface area (Å²) < 4.78 is 74.0. The molecule has 4 rings (SSSR count). The van der Waals surface area contributed by atoms with Crippen molar-refractivity contribution in [3.63, 3.8) is 0 Å². The molecular weight excluding hydrogens is 427 g/mol. The molecule has 0 aromatic heterocycles. The van der Waals surface area contributed by atoms with Gasteiger partial charge < -0.3 is 10.1 Å². The van der Waals surface area contributed by atoms with Crippen molar-refractivity contribution in [2.24, 2.45) is 10.9 Å². The molecule has 2 aliphatic rings. The highest BCUT2D eigenvalue weighted by Crippen LogP contribution is 2.52. The van der Waals surface area contributed by atoms with Crippen molar-refractivity contribution in [1.82, 2.24) is 5.32 Å². The van der Waals surface area contributed by atoms with Crippen LogP contribution in [0.3, 0.4) is 0 Å². The largest absolute Gasteiger partial charge is 0.415 e. The van der Waals surface area contributed by atoms with Crippen LogP contribution in [0.15, 0.2) is 53.5 Å². The first-order valence-electron chi connectivity index (χ1n) is 8.94. The van der Waals surface area contributed by atoms with E-state index in [2.05, 4.69) is 10.3 Å². The average molecular weight is 442 g/mol. The Balaban J connectivity index is 1.76. The molecule has 1 N–H and O–H groups in total. The van der Waals surface area contributed by atoms with Crippen molar-refractivity contribution >= 4 is 22.8 Å². The van der Waals surface area contributed by atoms with E-state index in [1.165, 1.54) is 12.1 Å². The van der Waals surface area contributed by atoms with Crippen LogP contribution in [0.1, 0.15) is 15.9 Å². The van der Waals surface area contributed by atoms with Gasteiger partial charge in [-0.1, -0.05) is 42.1 Å². The molecule has 4 nitrogen and oxygen atoms in total. The molecule has 0 saturated carbocycles. The van der Waals surface area contributed by atoms with Crippen LogP contribution in [0.2, 0.25) is 0 Å². The summed E-state index contributed by atoms with van der Waals surface area (Å²) in [5.74, 6) is -4.41. The van der Waals surface area contributed by atoms with Gasteiger partial charge in [0, 0.05) is 22.8 Å². The standard InChI is InChI=1S/C20H15F5N2O2S/c21-14-8-4-7-12(15(14)22)19-10-29-16(20(23,24)25)13(19)9-30-18(27-19)26-17(28)11-5-2-1-3-6-11/h1-8,13,16H,9-10H2,(H,26,27,28). The van der Waals surface area contributed by atoms with Gasteiger partial charge in [-0.3, -0.25) is 4.79 Å². The van der Waals surface area contributed by atoms with E-state index in [4.69, 9.17) is 4.74 Å². The first-order chi connectivity index (χ1) is 14.2. The van der Waals surface area contributed by atoms with E-state index in [1.807, 2.05) is 0 Å². The normalized spacial score (nSPS) is 26.1. The SMILES string of the molecule is O=C(NC1=NC2(c3cccc(F)c3F)COC(C(F)(F)F)C2CS1)c1ccccc1. The van der Waals surface area contributed by atoms with Crippen LogP contribution in [0.25, 0.3) is 0 Å². The number of benzene rings is 2. The van der Waals surface area contributed by atoms with Gasteiger partial charge in [0.15, 0.2) is 22.9 Å². The maximum absolute atomic E-state index is 14.6. The van der Waals surface area contributed by atoms with E-state index in [-0.39, 0.29) is 16.5 Å². The number of ether oxygens (including phenoxy) is 1. The third kappa shape index (κ3) is 3.58. The first kappa shape index (κ1) is 20.8. The minimum Gasteiger partial charge on any atom is -0.365 e. The molecule has 2 aliphatic heterocycles. The molecule has 2 heterocycles. The highest BCUT2D eigenvalue weighted by Gasteiger charge is 2.62. The molecule has 0 aliphatic carbocycles. The molecule has 0 spiro atoms. The lowest BCUT2D eigenvalue weighted by atomic mass is 9.78. The number of hydrogen-bond acceptors (Lipinski definition) is 4. The van der Waals surface area contributed by atoms with Gasteiger partial charge in [0.2, 0.25) is 0 Å². The predicted molar refractivity (Wildman–Crippen MR) is 101 cm³/mol. The topological polar surface area (TPSA) is 50.7 Å². The molecule has 0 bridgehead atoms. The maximum atomic E-state index is 14.6. The summed E-state index contributed by atoms with van der Waals surface area (Å²) in [6.45, 7) is -0.590. The number of aliphatic imine (C=N–C) groups is 1. The summed E-state index contributed by atoms with van der Waals surface area (Å²) >= 11 is 0.908. The number of halogens is 5. The van der Waals surface area contributed by atoms with Crippen molar-refractivity contribution in [1.29, 1.82) is 0 Å². The summed E-state index contributed by atoms with van der Waals surface area (Å²) in [6, 6.07) is 11.4. The minimum atomic E-state index is -4.70. The molecular formula is C20H15F5N2O2S. The van der Waals surface area contributed by atoms with Crippen LogP contribution >= 0.6 is 11.8 Å². The Kier molecular flexibility index (Phi) is 5.31. The van der Waals surface area contributed by atoms with Crippen LogP contribution in [0.4, 0.5) is 22.0 Å². The van der Waals surface area contributed by atoms with Gasteiger partial charge in [-0.05, 0) is 18.2 Å². The summed E-state index contributed by atoms with van der Waals surface area (Å²) in [6.07, 6.45) is -6.88. The van der Waals surface area contributed by atoms with E-state index in [0.717, 1.165) is 17.8 Å². The average Bonchev–Trinajstić information content (AvgIpc) is 3.11. The molecule has 10 heteroatoms. The Morgan fingerprint density at radius 3 is 2.57 bits per heavy atom. The van der Waals surface area contributed by atoms with Gasteiger partial charge in [0.25, 0.3) is 5.91 Å². The number of alkyl halides is 3. The third-order valence-electron chi connectivity index (χ3n) is 5.16. The fraction of sp³-hybridized carbons (Fsp3) is 0.300. The van der Waals surface area contributed by atoms with Crippen LogP contribution in [0.5, 0.6) is 0 Å². The first-order valence-corrected chi connectivity index (χ1v) is 9.93. The predicted octanol–water partition coefficient (Wildman–Crippen LogP) is 4.27. The summed E-state index contributed by atoms with van der Waals surface area (Å²) in [4.78, 5) is 16.7. The Bertz CT molecular complexity index is 998. The minimum absolute atomic E-state index is 0.0233. The van der Waals surface area contributed by atoms with E-state index < -0.39 is 47.9 Å². The number of amides is 1. The van der Waals surface area contributed by atoms with E-state index >= 15 is 0 Å². The van der Waals surface area contributed by atoms with Crippen molar-refractivity contribution in [3.8, 4) is 0 Å². The van der Waals surface area contributed by atoms with Gasteiger partial charge in [0.1, 0.15) is 5.54 Å². The molecule has 30 heavy (non-hydrogen) atoms. The molecule has 1 fully saturated rings. The van der Waals surface area contributed by atoms with E-state index in [0.29, 0.717) is 5.56 Å². The number of carbonyl (C=O) groups is 1. The number of nitrogens with zero attached hydrogens (tertiary/aromatic N) is 1. The van der Waals surface area contributed by atoms with Crippen molar-refractivity contribution in [3.05, 3.63) is 71.3 Å². The fourth-order valence-corrected chi connectivity index (χ4v) is 4.91. The zero-order valence-electron chi connectivity index (χ0n) is 15.2. The van der Waals surface area contributed by atoms with Gasteiger partial charge >= 0.3 is 6.18 Å². The number of amidine groups is 1. The van der Waals surface area contributed by atoms with Gasteiger partial charge in [-0.15, -0.1) is 0 Å². The second kappa shape index (κ2) is 7.66. The zero-order valence-corrected chi connectivity index (χ0v) is 16.1. The smallest absolute Gasteiger partial charge is 0.365 e. The molecule has 1 saturated heterocycles. The summed E-state index contributed by atoms with van der Waals surface area (Å²) in [7, 11) is 0. The van der Waals surface area contributed by atoms with Crippen LogP contribution in [-0.4, -0.2) is 35.7 Å². The van der Waals surface area contributed by atoms with Gasteiger partial charge in [0.05, 0.1) is 6.61 Å². The lowest BCUT2D eigenvalue weighted by molar-refractivity contribution is -0.215. The van der Waals surface area contributed by atoms with Crippen LogP contribution in [0, 0.1) is 17.6 Å². The van der Waals surface area contributed by atoms with Gasteiger partial charge in [-0.25, -0.2) is 13.8 Å². The highest BCUT2D eigenvalue weighted by atomic mass is 32.2. The Hall–Kier alpha value is -2.46. The number of nitrogens with one attached hydrogen (secondary N) is 1. The Labute approximate surface area is 172 Å². The molecule has 1 amide bonds. The quantitative estimate of drug-likeness (QED) is 0.707. The number of carbonyl (C=O) groups excluding carboxylic acids is 1. The number of thioether (sulfide) groups is 1. The van der Waals surface area contributed by atoms with Crippen LogP contribution < -0.4 is 5.32 Å². The molecule has 3 unspecified atom stereocenters. The zero-order chi connectivity index (χ0) is 21.5. The van der Waals surface area contributed by atoms with E-state index in [1.54, 1.807) is 30.3 Å². The van der Waals surface area contributed by atoms with E-state index in [9.17, 15) is 26.7 Å². The van der Waals surface area contributed by atoms with Crippen molar-refractivity contribution < 1.29 is 31.5 Å². The number of fused-ring (bicyclic) bond motifs is 1. The van der Waals surface area contributed by atoms with Crippen LogP contribution in [-0.2, 0) is 10.3 Å². The number of rotatable bonds is 2. The highest BCUT2D eigenvalue weighted by molar-refractivity contribution is 8.13. The Morgan fingerprint density at radius 2 is 1.87 bits per heavy atom. The molecule has 3 atom stereocenters. The lowest BCUT2D eigenvalue weighted by Gasteiger charge is -2.36. The second-order valence-electron chi connectivity index (χ2n) is 6.95. The fourth-order valence-electron chi connectivity index (χ4n) is 3.73. The summed E-state index contributed by atoms with van der Waals surface area (Å²) in [5, 5.41) is 2.57. The Morgan fingerprint density at radius 1 is 1.13 bits per heavy atom. The monoisotopic (exact) mass is 442 g/mol. The molecule has 0 radical (unpaired) electrons. The third-order valence-corrected chi connectivity index (χ3v) is 6.15. The van der Waals surface area contributed by atoms with Gasteiger partial charge in [-0.2, -0.15) is 13.2 Å². The molecule has 158 valence electrons. The lowest BCUT2D eigenvalue weighted by Crippen LogP contribution is -2.47.